The van der Waals surface area contributed by atoms with E-state index in [4.69, 9.17) is 16.7 Å². The lowest BCUT2D eigenvalue weighted by atomic mass is 10.0. The molecule has 0 unspecified atom stereocenters. The lowest BCUT2D eigenvalue weighted by molar-refractivity contribution is -0.136. The van der Waals surface area contributed by atoms with Gasteiger partial charge in [0.05, 0.1) is 6.04 Å². The van der Waals surface area contributed by atoms with Crippen LogP contribution in [0.15, 0.2) is 54.6 Å². The van der Waals surface area contributed by atoms with Crippen LogP contribution in [0.3, 0.4) is 0 Å². The highest BCUT2D eigenvalue weighted by Crippen LogP contribution is 2.16. The Morgan fingerprint density at radius 3 is 2.26 bits per heavy atom. The summed E-state index contributed by atoms with van der Waals surface area (Å²) in [5, 5.41) is 14.8. The Labute approximate surface area is 139 Å². The van der Waals surface area contributed by atoms with Gasteiger partial charge in [-0.2, -0.15) is 0 Å². The molecule has 0 saturated carbocycles. The van der Waals surface area contributed by atoms with Gasteiger partial charge in [0.25, 0.3) is 0 Å². The van der Waals surface area contributed by atoms with Gasteiger partial charge in [0, 0.05) is 17.3 Å². The van der Waals surface area contributed by atoms with E-state index in [9.17, 15) is 9.59 Å². The molecule has 2 aromatic carbocycles. The van der Waals surface area contributed by atoms with Gasteiger partial charge in [-0.25, -0.2) is 0 Å². The number of hydrogen-bond acceptors (Lipinski definition) is 3. The Kier molecular flexibility index (Phi) is 6.14. The smallest absolute Gasteiger partial charge is 0.313 e. The number of amides is 2. The summed E-state index contributed by atoms with van der Waals surface area (Å²) < 4.78 is 0. The van der Waals surface area contributed by atoms with Gasteiger partial charge in [0.1, 0.15) is 0 Å². The number of rotatable bonds is 5. The number of aliphatic hydroxyl groups excluding tert-OH is 1. The molecule has 0 radical (unpaired) electrons. The fourth-order valence-corrected chi connectivity index (χ4v) is 2.21. The third-order valence-corrected chi connectivity index (χ3v) is 3.49. The topological polar surface area (TPSA) is 78.4 Å². The van der Waals surface area contributed by atoms with Gasteiger partial charge in [-0.05, 0) is 36.2 Å². The molecule has 23 heavy (non-hydrogen) atoms. The van der Waals surface area contributed by atoms with Crippen molar-refractivity contribution in [1.29, 1.82) is 0 Å². The Balaban J connectivity index is 2.00. The fraction of sp³-hybridized carbons (Fsp3) is 0.176. The molecule has 0 fully saturated rings. The second kappa shape index (κ2) is 8.31. The van der Waals surface area contributed by atoms with Crippen LogP contribution in [-0.4, -0.2) is 23.5 Å². The molecule has 0 aliphatic carbocycles. The van der Waals surface area contributed by atoms with Crippen molar-refractivity contribution in [2.24, 2.45) is 0 Å². The Bertz CT molecular complexity index is 659. The molecule has 1 atom stereocenters. The maximum Gasteiger partial charge on any atom is 0.313 e. The predicted molar refractivity (Wildman–Crippen MR) is 89.1 cm³/mol. The van der Waals surface area contributed by atoms with Gasteiger partial charge < -0.3 is 15.7 Å². The number of anilines is 1. The molecular formula is C17H17ClN2O3. The molecule has 0 heterocycles. The summed E-state index contributed by atoms with van der Waals surface area (Å²) in [4.78, 5) is 24.0. The number of halogens is 1. The van der Waals surface area contributed by atoms with Gasteiger partial charge in [0.15, 0.2) is 0 Å². The maximum absolute atomic E-state index is 12.0. The van der Waals surface area contributed by atoms with Crippen molar-refractivity contribution < 1.29 is 14.7 Å². The molecule has 6 heteroatoms. The average molecular weight is 333 g/mol. The molecule has 2 rings (SSSR count). The number of aliphatic hydroxyl groups is 1. The van der Waals surface area contributed by atoms with Crippen LogP contribution in [0.1, 0.15) is 18.0 Å². The zero-order valence-corrected chi connectivity index (χ0v) is 13.1. The Hall–Kier alpha value is -2.37. The summed E-state index contributed by atoms with van der Waals surface area (Å²) in [6.07, 6.45) is 0.323. The molecular weight excluding hydrogens is 316 g/mol. The van der Waals surface area contributed by atoms with Crippen LogP contribution in [-0.2, 0) is 9.59 Å². The van der Waals surface area contributed by atoms with E-state index < -0.39 is 17.9 Å². The fourth-order valence-electron chi connectivity index (χ4n) is 2.08. The van der Waals surface area contributed by atoms with Crippen molar-refractivity contribution in [3.8, 4) is 0 Å². The van der Waals surface area contributed by atoms with Gasteiger partial charge in [-0.1, -0.05) is 41.9 Å². The van der Waals surface area contributed by atoms with Crippen LogP contribution in [0.5, 0.6) is 0 Å². The number of carbonyl (C=O) groups excluding carboxylic acids is 2. The summed E-state index contributed by atoms with van der Waals surface area (Å²) in [5.74, 6) is -1.53. The lowest BCUT2D eigenvalue weighted by Crippen LogP contribution is -2.38. The predicted octanol–water partition coefficient (Wildman–Crippen LogP) is 2.52. The van der Waals surface area contributed by atoms with Crippen molar-refractivity contribution in [2.75, 3.05) is 11.9 Å². The summed E-state index contributed by atoms with van der Waals surface area (Å²) in [5.41, 5.74) is 1.31. The average Bonchev–Trinajstić information content (AvgIpc) is 2.57. The molecule has 5 nitrogen and oxygen atoms in total. The van der Waals surface area contributed by atoms with E-state index in [1.807, 2.05) is 30.3 Å². The monoisotopic (exact) mass is 332 g/mol. The molecule has 0 aromatic heterocycles. The largest absolute Gasteiger partial charge is 0.396 e. The second-order valence-corrected chi connectivity index (χ2v) is 5.35. The maximum atomic E-state index is 12.0. The van der Waals surface area contributed by atoms with Gasteiger partial charge in [-0.3, -0.25) is 9.59 Å². The number of carbonyl (C=O) groups is 2. The highest BCUT2D eigenvalue weighted by Gasteiger charge is 2.19. The van der Waals surface area contributed by atoms with E-state index in [1.54, 1.807) is 24.3 Å². The van der Waals surface area contributed by atoms with Gasteiger partial charge in [-0.15, -0.1) is 0 Å². The van der Waals surface area contributed by atoms with Crippen LogP contribution in [0.4, 0.5) is 5.69 Å². The van der Waals surface area contributed by atoms with Crippen LogP contribution < -0.4 is 10.6 Å². The zero-order valence-electron chi connectivity index (χ0n) is 12.3. The first-order valence-electron chi connectivity index (χ1n) is 7.13. The molecule has 0 bridgehead atoms. The van der Waals surface area contributed by atoms with Crippen molar-refractivity contribution in [3.05, 3.63) is 65.2 Å². The van der Waals surface area contributed by atoms with Crippen molar-refractivity contribution in [3.63, 3.8) is 0 Å². The normalized spacial score (nSPS) is 11.6. The molecule has 2 aromatic rings. The summed E-state index contributed by atoms with van der Waals surface area (Å²) in [7, 11) is 0. The second-order valence-electron chi connectivity index (χ2n) is 4.91. The lowest BCUT2D eigenvalue weighted by Gasteiger charge is -2.18. The van der Waals surface area contributed by atoms with Crippen molar-refractivity contribution >= 4 is 29.1 Å². The molecule has 0 spiro atoms. The van der Waals surface area contributed by atoms with Crippen LogP contribution in [0.25, 0.3) is 0 Å². The quantitative estimate of drug-likeness (QED) is 0.736. The minimum atomic E-state index is -0.772. The van der Waals surface area contributed by atoms with Crippen LogP contribution in [0, 0.1) is 0 Å². The van der Waals surface area contributed by atoms with Crippen molar-refractivity contribution in [1.82, 2.24) is 5.32 Å². The highest BCUT2D eigenvalue weighted by atomic mass is 35.5. The van der Waals surface area contributed by atoms with E-state index >= 15 is 0 Å². The zero-order chi connectivity index (χ0) is 16.7. The minimum Gasteiger partial charge on any atom is -0.396 e. The van der Waals surface area contributed by atoms with Crippen LogP contribution in [0.2, 0.25) is 5.02 Å². The summed E-state index contributed by atoms with van der Waals surface area (Å²) in [6, 6.07) is 15.2. The summed E-state index contributed by atoms with van der Waals surface area (Å²) >= 11 is 5.77. The highest BCUT2D eigenvalue weighted by molar-refractivity contribution is 6.39. The number of hydrogen-bond donors (Lipinski definition) is 3. The third kappa shape index (κ3) is 5.09. The Morgan fingerprint density at radius 1 is 1.00 bits per heavy atom. The van der Waals surface area contributed by atoms with Crippen molar-refractivity contribution in [2.45, 2.75) is 12.5 Å². The molecule has 0 saturated heterocycles. The molecule has 2 amide bonds. The van der Waals surface area contributed by atoms with E-state index in [0.29, 0.717) is 17.1 Å². The SMILES string of the molecule is O=C(Nc1ccc(Cl)cc1)C(=O)N[C@@H](CCO)c1ccccc1. The van der Waals surface area contributed by atoms with E-state index in [0.717, 1.165) is 5.56 Å². The third-order valence-electron chi connectivity index (χ3n) is 3.23. The number of nitrogens with one attached hydrogen (secondary N) is 2. The minimum absolute atomic E-state index is 0.0986. The van der Waals surface area contributed by atoms with Crippen LogP contribution >= 0.6 is 11.6 Å². The summed E-state index contributed by atoms with van der Waals surface area (Å²) in [6.45, 7) is -0.0986. The first kappa shape index (κ1) is 17.0. The standard InChI is InChI=1S/C17H17ClN2O3/c18-13-6-8-14(9-7-13)19-16(22)17(23)20-15(10-11-21)12-4-2-1-3-5-12/h1-9,15,21H,10-11H2,(H,19,22)(H,20,23)/t15-/m0/s1. The first-order valence-corrected chi connectivity index (χ1v) is 7.51. The Morgan fingerprint density at radius 2 is 1.65 bits per heavy atom. The molecule has 0 aliphatic heterocycles. The van der Waals surface area contributed by atoms with E-state index in [2.05, 4.69) is 10.6 Å². The molecule has 3 N–H and O–H groups in total. The molecule has 0 aliphatic rings. The van der Waals surface area contributed by atoms with E-state index in [1.165, 1.54) is 0 Å². The van der Waals surface area contributed by atoms with E-state index in [-0.39, 0.29) is 6.61 Å². The van der Waals surface area contributed by atoms with Gasteiger partial charge >= 0.3 is 11.8 Å². The van der Waals surface area contributed by atoms with Gasteiger partial charge in [0.2, 0.25) is 0 Å². The first-order chi connectivity index (χ1) is 11.1. The molecule has 120 valence electrons. The number of benzene rings is 2.